The molecule has 0 unspecified atom stereocenters. The number of aryl methyl sites for hydroxylation is 2. The van der Waals surface area contributed by atoms with Crippen LogP contribution < -0.4 is 0 Å². The molecule has 1 fully saturated rings. The van der Waals surface area contributed by atoms with Crippen molar-refractivity contribution in [2.75, 3.05) is 26.3 Å². The van der Waals surface area contributed by atoms with Gasteiger partial charge in [0.05, 0.1) is 31.0 Å². The van der Waals surface area contributed by atoms with Crippen LogP contribution in [0.3, 0.4) is 0 Å². The monoisotopic (exact) mass is 299 g/mol. The van der Waals surface area contributed by atoms with E-state index >= 15 is 0 Å². The number of morpholine rings is 1. The number of carbonyl (C=O) groups is 1. The van der Waals surface area contributed by atoms with Gasteiger partial charge in [-0.15, -0.1) is 0 Å². The highest BCUT2D eigenvalue weighted by molar-refractivity contribution is 5.78. The van der Waals surface area contributed by atoms with Crippen molar-refractivity contribution in [2.24, 2.45) is 0 Å². The van der Waals surface area contributed by atoms with E-state index < -0.39 is 0 Å². The van der Waals surface area contributed by atoms with Crippen molar-refractivity contribution in [1.82, 2.24) is 14.7 Å². The summed E-state index contributed by atoms with van der Waals surface area (Å²) in [5, 5.41) is 4.47. The van der Waals surface area contributed by atoms with Gasteiger partial charge in [0.15, 0.2) is 0 Å². The highest BCUT2D eigenvalue weighted by Gasteiger charge is 2.16. The van der Waals surface area contributed by atoms with E-state index in [0.717, 1.165) is 22.6 Å². The summed E-state index contributed by atoms with van der Waals surface area (Å²) in [5.74, 6) is 0.169. The summed E-state index contributed by atoms with van der Waals surface area (Å²) in [6, 6.07) is 10.1. The number of nitrogens with zero attached hydrogens (tertiary/aromatic N) is 3. The molecule has 0 N–H and O–H groups in total. The molecule has 5 nitrogen and oxygen atoms in total. The molecule has 3 rings (SSSR count). The predicted molar refractivity (Wildman–Crippen MR) is 84.1 cm³/mol. The minimum atomic E-state index is 0.169. The molecule has 1 aromatic carbocycles. The largest absolute Gasteiger partial charge is 0.378 e. The van der Waals surface area contributed by atoms with Crippen LogP contribution in [0.4, 0.5) is 0 Å². The lowest BCUT2D eigenvalue weighted by Crippen LogP contribution is -2.41. The van der Waals surface area contributed by atoms with Gasteiger partial charge in [0, 0.05) is 18.8 Å². The lowest BCUT2D eigenvalue weighted by atomic mass is 10.1. The Morgan fingerprint density at radius 2 is 1.86 bits per heavy atom. The smallest absolute Gasteiger partial charge is 0.227 e. The number of aromatic nitrogens is 2. The summed E-state index contributed by atoms with van der Waals surface area (Å²) in [6.45, 7) is 6.70. The maximum Gasteiger partial charge on any atom is 0.227 e. The average Bonchev–Trinajstić information content (AvgIpc) is 2.87. The Bertz CT molecular complexity index is 655. The van der Waals surface area contributed by atoms with Crippen molar-refractivity contribution in [3.05, 3.63) is 47.3 Å². The molecule has 0 atom stereocenters. The minimum Gasteiger partial charge on any atom is -0.378 e. The van der Waals surface area contributed by atoms with Crippen LogP contribution in [0.15, 0.2) is 30.3 Å². The van der Waals surface area contributed by atoms with Gasteiger partial charge >= 0.3 is 0 Å². The van der Waals surface area contributed by atoms with Crippen LogP contribution in [0.1, 0.15) is 17.0 Å². The van der Waals surface area contributed by atoms with Gasteiger partial charge in [-0.1, -0.05) is 12.1 Å². The van der Waals surface area contributed by atoms with E-state index in [2.05, 4.69) is 11.2 Å². The maximum absolute atomic E-state index is 12.2. The fourth-order valence-corrected chi connectivity index (χ4v) is 2.74. The first-order valence-electron chi connectivity index (χ1n) is 7.61. The van der Waals surface area contributed by atoms with Crippen molar-refractivity contribution in [1.29, 1.82) is 0 Å². The van der Waals surface area contributed by atoms with E-state index in [1.165, 1.54) is 0 Å². The Morgan fingerprint density at radius 1 is 1.18 bits per heavy atom. The predicted octanol–water partition coefficient (Wildman–Crippen LogP) is 1.89. The zero-order valence-electron chi connectivity index (χ0n) is 13.1. The van der Waals surface area contributed by atoms with Crippen LogP contribution in [-0.4, -0.2) is 46.9 Å². The second-order valence-corrected chi connectivity index (χ2v) is 5.68. The van der Waals surface area contributed by atoms with Crippen LogP contribution in [0, 0.1) is 13.8 Å². The van der Waals surface area contributed by atoms with Gasteiger partial charge in [-0.2, -0.15) is 5.10 Å². The summed E-state index contributed by atoms with van der Waals surface area (Å²) >= 11 is 0. The van der Waals surface area contributed by atoms with E-state index in [1.807, 2.05) is 47.7 Å². The first-order valence-corrected chi connectivity index (χ1v) is 7.61. The van der Waals surface area contributed by atoms with Crippen molar-refractivity contribution in [2.45, 2.75) is 20.3 Å². The molecule has 2 heterocycles. The molecule has 1 aromatic heterocycles. The van der Waals surface area contributed by atoms with Gasteiger partial charge in [-0.25, -0.2) is 4.68 Å². The van der Waals surface area contributed by atoms with Gasteiger partial charge in [0.1, 0.15) is 0 Å². The Balaban J connectivity index is 1.69. The third kappa shape index (κ3) is 3.20. The number of ether oxygens (including phenoxy) is 1. The van der Waals surface area contributed by atoms with Crippen LogP contribution in [0.25, 0.3) is 5.69 Å². The minimum absolute atomic E-state index is 0.169. The summed E-state index contributed by atoms with van der Waals surface area (Å²) < 4.78 is 7.19. The summed E-state index contributed by atoms with van der Waals surface area (Å²) in [4.78, 5) is 14.1. The molecule has 0 saturated carbocycles. The molecule has 0 radical (unpaired) electrons. The highest BCUT2D eigenvalue weighted by atomic mass is 16.5. The normalized spacial score (nSPS) is 15.1. The molecular weight excluding hydrogens is 278 g/mol. The molecule has 1 saturated heterocycles. The SMILES string of the molecule is Cc1cc(C)n(-c2ccc(CC(=O)N3CCOCC3)cc2)n1. The fraction of sp³-hybridized carbons (Fsp3) is 0.412. The second kappa shape index (κ2) is 6.32. The Morgan fingerprint density at radius 3 is 2.45 bits per heavy atom. The van der Waals surface area contributed by atoms with E-state index in [9.17, 15) is 4.79 Å². The van der Waals surface area contributed by atoms with Gasteiger partial charge in [-0.05, 0) is 37.6 Å². The Labute approximate surface area is 130 Å². The molecule has 0 bridgehead atoms. The number of rotatable bonds is 3. The summed E-state index contributed by atoms with van der Waals surface area (Å²) in [6.07, 6.45) is 0.442. The van der Waals surface area contributed by atoms with Crippen LogP contribution in [0.2, 0.25) is 0 Å². The molecular formula is C17H21N3O2. The Hall–Kier alpha value is -2.14. The molecule has 116 valence electrons. The van der Waals surface area contributed by atoms with E-state index in [1.54, 1.807) is 0 Å². The molecule has 5 heteroatoms. The van der Waals surface area contributed by atoms with Gasteiger partial charge in [0.2, 0.25) is 5.91 Å². The van der Waals surface area contributed by atoms with Crippen molar-refractivity contribution in [3.8, 4) is 5.69 Å². The number of carbonyl (C=O) groups excluding carboxylic acids is 1. The van der Waals surface area contributed by atoms with Crippen LogP contribution in [0.5, 0.6) is 0 Å². The molecule has 1 amide bonds. The Kier molecular flexibility index (Phi) is 4.24. The van der Waals surface area contributed by atoms with Crippen molar-refractivity contribution < 1.29 is 9.53 Å². The molecule has 0 aliphatic carbocycles. The number of hydrogen-bond donors (Lipinski definition) is 0. The van der Waals surface area contributed by atoms with E-state index in [0.29, 0.717) is 32.7 Å². The highest BCUT2D eigenvalue weighted by Crippen LogP contribution is 2.14. The van der Waals surface area contributed by atoms with Crippen LogP contribution in [-0.2, 0) is 16.0 Å². The summed E-state index contributed by atoms with van der Waals surface area (Å²) in [7, 11) is 0. The van der Waals surface area contributed by atoms with E-state index in [4.69, 9.17) is 4.74 Å². The third-order valence-corrected chi connectivity index (χ3v) is 3.91. The molecule has 22 heavy (non-hydrogen) atoms. The van der Waals surface area contributed by atoms with Crippen molar-refractivity contribution >= 4 is 5.91 Å². The lowest BCUT2D eigenvalue weighted by molar-refractivity contribution is -0.134. The standard InChI is InChI=1S/C17H21N3O2/c1-13-11-14(2)20(18-13)16-5-3-15(4-6-16)12-17(21)19-7-9-22-10-8-19/h3-6,11H,7-10,12H2,1-2H3. The second-order valence-electron chi connectivity index (χ2n) is 5.68. The van der Waals surface area contributed by atoms with Gasteiger partial charge < -0.3 is 9.64 Å². The zero-order chi connectivity index (χ0) is 15.5. The first-order chi connectivity index (χ1) is 10.6. The van der Waals surface area contributed by atoms with E-state index in [-0.39, 0.29) is 5.91 Å². The first kappa shape index (κ1) is 14.8. The molecule has 0 spiro atoms. The molecule has 2 aromatic rings. The molecule has 1 aliphatic rings. The lowest BCUT2D eigenvalue weighted by Gasteiger charge is -2.26. The number of hydrogen-bond acceptors (Lipinski definition) is 3. The number of benzene rings is 1. The topological polar surface area (TPSA) is 47.4 Å². The quantitative estimate of drug-likeness (QED) is 0.869. The van der Waals surface area contributed by atoms with Crippen molar-refractivity contribution in [3.63, 3.8) is 0 Å². The molecule has 1 aliphatic heterocycles. The van der Waals surface area contributed by atoms with Crippen LogP contribution >= 0.6 is 0 Å². The average molecular weight is 299 g/mol. The zero-order valence-corrected chi connectivity index (χ0v) is 13.1. The van der Waals surface area contributed by atoms with Gasteiger partial charge in [0.25, 0.3) is 0 Å². The maximum atomic E-state index is 12.2. The summed E-state index contributed by atoms with van der Waals surface area (Å²) in [5.41, 5.74) is 4.16. The number of amides is 1. The van der Waals surface area contributed by atoms with Gasteiger partial charge in [-0.3, -0.25) is 4.79 Å². The fourth-order valence-electron chi connectivity index (χ4n) is 2.74. The third-order valence-electron chi connectivity index (χ3n) is 3.91.